The Kier molecular flexibility index (Phi) is 5.56. The van der Waals surface area contributed by atoms with Crippen LogP contribution in [0.3, 0.4) is 0 Å². The smallest absolute Gasteiger partial charge is 0.408 e. The van der Waals surface area contributed by atoms with Crippen molar-refractivity contribution in [3.05, 3.63) is 0 Å². The van der Waals surface area contributed by atoms with Crippen molar-refractivity contribution in [3.8, 4) is 0 Å². The Morgan fingerprint density at radius 3 is 2.32 bits per heavy atom. The first-order valence-corrected chi connectivity index (χ1v) is 11.2. The fourth-order valence-electron chi connectivity index (χ4n) is 5.45. The fraction of sp³-hybridized carbons (Fsp3) is 0.909. The van der Waals surface area contributed by atoms with Crippen LogP contribution in [0, 0.1) is 11.8 Å². The number of carbonyl (C=O) groups is 2. The highest BCUT2D eigenvalue weighted by molar-refractivity contribution is 5.84. The summed E-state index contributed by atoms with van der Waals surface area (Å²) >= 11 is 0. The van der Waals surface area contributed by atoms with Gasteiger partial charge in [-0.1, -0.05) is 13.8 Å². The second-order valence-corrected chi connectivity index (χ2v) is 10.5. The average molecular weight is 441 g/mol. The zero-order valence-electron chi connectivity index (χ0n) is 19.3. The SMILES string of the molecule is CO[C@H]1C([C@@]2(C)O[C@@H]2C[C@@H]2OC2(C)C)[C@]2(CC[C@H]1OC(=O)N[C@@H](C(N)=O)C(C)C)CO2. The maximum absolute atomic E-state index is 12.6. The molecule has 0 aromatic carbocycles. The first-order chi connectivity index (χ1) is 14.4. The van der Waals surface area contributed by atoms with E-state index in [2.05, 4.69) is 26.1 Å². The van der Waals surface area contributed by atoms with Crippen molar-refractivity contribution in [3.63, 3.8) is 0 Å². The number of alkyl carbamates (subject to hydrolysis) is 1. The van der Waals surface area contributed by atoms with Crippen LogP contribution in [-0.2, 0) is 28.5 Å². The molecule has 1 saturated carbocycles. The summed E-state index contributed by atoms with van der Waals surface area (Å²) in [6.07, 6.45) is 0.934. The van der Waals surface area contributed by atoms with Crippen LogP contribution in [0.4, 0.5) is 4.79 Å². The Hall–Kier alpha value is -1.42. The predicted octanol–water partition coefficient (Wildman–Crippen LogP) is 1.51. The maximum atomic E-state index is 12.6. The van der Waals surface area contributed by atoms with Gasteiger partial charge < -0.3 is 34.7 Å². The monoisotopic (exact) mass is 440 g/mol. The van der Waals surface area contributed by atoms with Gasteiger partial charge in [-0.3, -0.25) is 4.79 Å². The molecule has 4 rings (SSSR count). The van der Waals surface area contributed by atoms with Crippen molar-refractivity contribution in [2.45, 2.75) is 101 Å². The number of nitrogens with two attached hydrogens (primary N) is 1. The summed E-state index contributed by atoms with van der Waals surface area (Å²) < 4.78 is 29.5. The van der Waals surface area contributed by atoms with Gasteiger partial charge in [0.15, 0.2) is 0 Å². The van der Waals surface area contributed by atoms with E-state index in [4.69, 9.17) is 29.4 Å². The Bertz CT molecular complexity index is 737. The molecule has 4 aliphatic rings. The standard InChI is InChI=1S/C22H36N2O7/c1-11(2)15(18(23)25)24-19(26)29-12-7-8-22(10-28-22)17(16(12)27-6)21(5)14(31-21)9-13-20(3,4)30-13/h11-17H,7-10H2,1-6H3,(H2,23,25)(H,24,26)/t12-,13+,14-,15-,16-,17?,21+,22+/m1/s1. The second kappa shape index (κ2) is 7.57. The van der Waals surface area contributed by atoms with E-state index in [0.717, 1.165) is 12.8 Å². The van der Waals surface area contributed by atoms with E-state index in [-0.39, 0.29) is 41.3 Å². The molecule has 9 nitrogen and oxygen atoms in total. The van der Waals surface area contributed by atoms with Crippen LogP contribution in [0.5, 0.6) is 0 Å². The molecule has 0 aromatic heterocycles. The molecule has 0 bridgehead atoms. The minimum Gasteiger partial charge on any atom is -0.443 e. The number of carbonyl (C=O) groups excluding carboxylic acids is 2. The second-order valence-electron chi connectivity index (χ2n) is 10.5. The van der Waals surface area contributed by atoms with Crippen molar-refractivity contribution >= 4 is 12.0 Å². The maximum Gasteiger partial charge on any atom is 0.408 e. The number of hydrogen-bond donors (Lipinski definition) is 2. The zero-order chi connectivity index (χ0) is 22.8. The molecule has 2 amide bonds. The Labute approximate surface area is 183 Å². The highest BCUT2D eigenvalue weighted by Gasteiger charge is 2.73. The number of hydrogen-bond acceptors (Lipinski definition) is 7. The molecule has 8 atom stereocenters. The zero-order valence-corrected chi connectivity index (χ0v) is 19.3. The molecule has 31 heavy (non-hydrogen) atoms. The van der Waals surface area contributed by atoms with Crippen molar-refractivity contribution in [2.24, 2.45) is 17.6 Å². The minimum absolute atomic E-state index is 0.0516. The number of epoxide rings is 3. The van der Waals surface area contributed by atoms with Crippen LogP contribution < -0.4 is 11.1 Å². The van der Waals surface area contributed by atoms with Gasteiger partial charge in [0.25, 0.3) is 0 Å². The van der Waals surface area contributed by atoms with Gasteiger partial charge in [0.05, 0.1) is 30.3 Å². The van der Waals surface area contributed by atoms with Crippen LogP contribution >= 0.6 is 0 Å². The first kappa shape index (κ1) is 22.8. The van der Waals surface area contributed by atoms with Crippen LogP contribution in [0.2, 0.25) is 0 Å². The lowest BCUT2D eigenvalue weighted by Crippen LogP contribution is -2.57. The van der Waals surface area contributed by atoms with Crippen molar-refractivity contribution < 1.29 is 33.3 Å². The number of rotatable bonds is 8. The molecule has 0 radical (unpaired) electrons. The van der Waals surface area contributed by atoms with Crippen molar-refractivity contribution in [1.29, 1.82) is 0 Å². The molecular formula is C22H36N2O7. The van der Waals surface area contributed by atoms with Crippen LogP contribution in [0.15, 0.2) is 0 Å². The minimum atomic E-state index is -0.790. The predicted molar refractivity (Wildman–Crippen MR) is 110 cm³/mol. The van der Waals surface area contributed by atoms with Crippen LogP contribution in [-0.4, -0.2) is 73.0 Å². The van der Waals surface area contributed by atoms with E-state index in [1.807, 2.05) is 13.8 Å². The fourth-order valence-corrected chi connectivity index (χ4v) is 5.45. The molecule has 9 heteroatoms. The largest absolute Gasteiger partial charge is 0.443 e. The van der Waals surface area contributed by atoms with Gasteiger partial charge in [-0.05, 0) is 39.5 Å². The summed E-state index contributed by atoms with van der Waals surface area (Å²) in [6.45, 7) is 10.5. The van der Waals surface area contributed by atoms with Gasteiger partial charge in [0, 0.05) is 13.5 Å². The van der Waals surface area contributed by atoms with Crippen molar-refractivity contribution in [1.82, 2.24) is 5.32 Å². The van der Waals surface area contributed by atoms with Gasteiger partial charge in [-0.15, -0.1) is 0 Å². The van der Waals surface area contributed by atoms with E-state index in [1.165, 1.54) is 0 Å². The molecule has 1 spiro atoms. The quantitative estimate of drug-likeness (QED) is 0.548. The third-order valence-corrected chi connectivity index (χ3v) is 7.59. The molecule has 3 aliphatic heterocycles. The number of ether oxygens (including phenoxy) is 5. The van der Waals surface area contributed by atoms with Gasteiger partial charge in [0.1, 0.15) is 29.5 Å². The van der Waals surface area contributed by atoms with E-state index in [1.54, 1.807) is 7.11 Å². The topological polar surface area (TPSA) is 128 Å². The Balaban J connectivity index is 1.44. The molecule has 1 unspecified atom stereocenters. The number of primary amides is 1. The molecule has 176 valence electrons. The third-order valence-electron chi connectivity index (χ3n) is 7.59. The molecule has 0 aromatic rings. The number of amides is 2. The summed E-state index contributed by atoms with van der Waals surface area (Å²) in [7, 11) is 1.63. The summed E-state index contributed by atoms with van der Waals surface area (Å²) in [5.74, 6) is -0.798. The summed E-state index contributed by atoms with van der Waals surface area (Å²) in [5, 5.41) is 2.60. The van der Waals surface area contributed by atoms with Gasteiger partial charge in [-0.2, -0.15) is 0 Å². The van der Waals surface area contributed by atoms with E-state index >= 15 is 0 Å². The lowest BCUT2D eigenvalue weighted by Gasteiger charge is -2.42. The number of methoxy groups -OCH3 is 1. The number of nitrogens with one attached hydrogen (secondary N) is 1. The normalized spacial score (nSPS) is 43.4. The summed E-state index contributed by atoms with van der Waals surface area (Å²) in [5.41, 5.74) is 4.59. The highest BCUT2D eigenvalue weighted by atomic mass is 16.6. The highest BCUT2D eigenvalue weighted by Crippen LogP contribution is 2.60. The van der Waals surface area contributed by atoms with Crippen LogP contribution in [0.1, 0.15) is 53.9 Å². The van der Waals surface area contributed by atoms with Gasteiger partial charge in [-0.25, -0.2) is 4.79 Å². The van der Waals surface area contributed by atoms with Gasteiger partial charge in [0.2, 0.25) is 5.91 Å². The molecule has 3 heterocycles. The van der Waals surface area contributed by atoms with Crippen LogP contribution in [0.25, 0.3) is 0 Å². The lowest BCUT2D eigenvalue weighted by molar-refractivity contribution is -0.123. The average Bonchev–Trinajstić information content (AvgIpc) is 3.62. The Morgan fingerprint density at radius 1 is 1.19 bits per heavy atom. The third kappa shape index (κ3) is 4.17. The first-order valence-electron chi connectivity index (χ1n) is 11.2. The molecule has 3 saturated heterocycles. The van der Waals surface area contributed by atoms with Gasteiger partial charge >= 0.3 is 6.09 Å². The molecule has 3 N–H and O–H groups in total. The summed E-state index contributed by atoms with van der Waals surface area (Å²) in [4.78, 5) is 24.2. The molecular weight excluding hydrogens is 404 g/mol. The Morgan fingerprint density at radius 2 is 1.84 bits per heavy atom. The lowest BCUT2D eigenvalue weighted by atomic mass is 9.68. The van der Waals surface area contributed by atoms with Crippen molar-refractivity contribution in [2.75, 3.05) is 13.7 Å². The van der Waals surface area contributed by atoms with E-state index in [0.29, 0.717) is 13.0 Å². The van der Waals surface area contributed by atoms with E-state index < -0.39 is 29.7 Å². The molecule has 1 aliphatic carbocycles. The summed E-state index contributed by atoms with van der Waals surface area (Å²) in [6, 6.07) is -0.790. The van der Waals surface area contributed by atoms with E-state index in [9.17, 15) is 9.59 Å². The molecule has 4 fully saturated rings.